The summed E-state index contributed by atoms with van der Waals surface area (Å²) in [6.07, 6.45) is 1.56. The number of nitrogens with zero attached hydrogens (tertiary/aromatic N) is 2. The summed E-state index contributed by atoms with van der Waals surface area (Å²) in [5.41, 5.74) is 6.58. The molecular formula is C16H17ClN4O4. The molecule has 25 heavy (non-hydrogen) atoms. The number of amides is 1. The maximum Gasteiger partial charge on any atom is 0.361 e. The van der Waals surface area contributed by atoms with E-state index in [0.29, 0.717) is 16.5 Å². The predicted octanol–water partition coefficient (Wildman–Crippen LogP) is 2.21. The molecule has 1 atom stereocenters. The number of nitrogens with two attached hydrogens (primary N) is 1. The van der Waals surface area contributed by atoms with Gasteiger partial charge in [-0.05, 0) is 25.5 Å². The molecule has 1 aromatic carbocycles. The summed E-state index contributed by atoms with van der Waals surface area (Å²) >= 11 is 6.03. The Hall–Kier alpha value is -2.87. The largest absolute Gasteiger partial charge is 0.495 e. The van der Waals surface area contributed by atoms with E-state index >= 15 is 0 Å². The molecule has 0 spiro atoms. The van der Waals surface area contributed by atoms with Crippen LogP contribution in [0.15, 0.2) is 24.5 Å². The number of aromatic nitrogens is 2. The molecule has 132 valence electrons. The number of nitrogens with one attached hydrogen (secondary N) is 1. The molecular weight excluding hydrogens is 348 g/mol. The van der Waals surface area contributed by atoms with Gasteiger partial charge in [-0.2, -0.15) is 0 Å². The van der Waals surface area contributed by atoms with Gasteiger partial charge in [0.25, 0.3) is 5.91 Å². The van der Waals surface area contributed by atoms with Gasteiger partial charge in [0, 0.05) is 23.5 Å². The number of nitrogen functional groups attached to an aromatic ring is 1. The summed E-state index contributed by atoms with van der Waals surface area (Å²) in [5.74, 6) is -1.07. The van der Waals surface area contributed by atoms with Crippen LogP contribution in [0.5, 0.6) is 5.75 Å². The molecule has 0 radical (unpaired) electrons. The molecule has 3 N–H and O–H groups in total. The molecule has 0 aliphatic carbocycles. The van der Waals surface area contributed by atoms with Crippen molar-refractivity contribution < 1.29 is 19.1 Å². The molecule has 1 amide bonds. The lowest BCUT2D eigenvalue weighted by Crippen LogP contribution is -2.30. The zero-order valence-electron chi connectivity index (χ0n) is 13.9. The Kier molecular flexibility index (Phi) is 5.76. The Labute approximate surface area is 149 Å². The molecule has 0 saturated heterocycles. The second kappa shape index (κ2) is 7.80. The number of ether oxygens (including phenoxy) is 2. The third-order valence-corrected chi connectivity index (χ3v) is 3.72. The van der Waals surface area contributed by atoms with Crippen LogP contribution in [0, 0.1) is 6.92 Å². The Morgan fingerprint density at radius 2 is 1.96 bits per heavy atom. The highest BCUT2D eigenvalue weighted by molar-refractivity contribution is 6.31. The minimum Gasteiger partial charge on any atom is -0.495 e. The molecule has 2 aromatic rings. The third kappa shape index (κ3) is 4.36. The monoisotopic (exact) mass is 364 g/mol. The number of rotatable bonds is 5. The SMILES string of the molecule is COc1cc(Cl)c(C)cc1NC(=O)C(C)OC(=O)c1nccnc1N. The van der Waals surface area contributed by atoms with E-state index in [-0.39, 0.29) is 11.5 Å². The summed E-state index contributed by atoms with van der Waals surface area (Å²) in [6.45, 7) is 3.22. The lowest BCUT2D eigenvalue weighted by Gasteiger charge is -2.16. The fraction of sp³-hybridized carbons (Fsp3) is 0.250. The summed E-state index contributed by atoms with van der Waals surface area (Å²) in [7, 11) is 1.46. The van der Waals surface area contributed by atoms with Crippen LogP contribution in [0.1, 0.15) is 23.0 Å². The van der Waals surface area contributed by atoms with E-state index in [1.54, 1.807) is 19.1 Å². The lowest BCUT2D eigenvalue weighted by molar-refractivity contribution is -0.123. The highest BCUT2D eigenvalue weighted by Crippen LogP contribution is 2.31. The molecule has 8 nitrogen and oxygen atoms in total. The van der Waals surface area contributed by atoms with Gasteiger partial charge in [-0.25, -0.2) is 14.8 Å². The van der Waals surface area contributed by atoms with Crippen molar-refractivity contribution in [1.82, 2.24) is 9.97 Å². The first-order valence-corrected chi connectivity index (χ1v) is 7.63. The molecule has 0 fully saturated rings. The Morgan fingerprint density at radius 3 is 2.60 bits per heavy atom. The molecule has 0 bridgehead atoms. The molecule has 0 aliphatic heterocycles. The topological polar surface area (TPSA) is 116 Å². The summed E-state index contributed by atoms with van der Waals surface area (Å²) in [6, 6.07) is 3.25. The molecule has 0 saturated carbocycles. The molecule has 2 rings (SSSR count). The van der Waals surface area contributed by atoms with Crippen LogP contribution in [-0.2, 0) is 9.53 Å². The fourth-order valence-corrected chi connectivity index (χ4v) is 2.09. The van der Waals surface area contributed by atoms with Gasteiger partial charge in [-0.3, -0.25) is 4.79 Å². The van der Waals surface area contributed by atoms with E-state index in [1.807, 2.05) is 0 Å². The third-order valence-electron chi connectivity index (χ3n) is 3.31. The van der Waals surface area contributed by atoms with Gasteiger partial charge >= 0.3 is 5.97 Å². The van der Waals surface area contributed by atoms with Crippen molar-refractivity contribution >= 4 is 35.0 Å². The summed E-state index contributed by atoms with van der Waals surface area (Å²) in [5, 5.41) is 3.14. The van der Waals surface area contributed by atoms with Crippen molar-refractivity contribution in [1.29, 1.82) is 0 Å². The number of benzene rings is 1. The van der Waals surface area contributed by atoms with E-state index in [4.69, 9.17) is 26.8 Å². The number of aryl methyl sites for hydroxylation is 1. The van der Waals surface area contributed by atoms with Crippen molar-refractivity contribution in [3.63, 3.8) is 0 Å². The Bertz CT molecular complexity index is 813. The van der Waals surface area contributed by atoms with Gasteiger partial charge in [0.05, 0.1) is 12.8 Å². The van der Waals surface area contributed by atoms with Gasteiger partial charge in [-0.1, -0.05) is 11.6 Å². The van der Waals surface area contributed by atoms with Crippen LogP contribution in [0.4, 0.5) is 11.5 Å². The second-order valence-corrected chi connectivity index (χ2v) is 5.54. The number of hydrogen-bond acceptors (Lipinski definition) is 7. The van der Waals surface area contributed by atoms with Crippen LogP contribution in [0.2, 0.25) is 5.02 Å². The van der Waals surface area contributed by atoms with Crippen LogP contribution < -0.4 is 15.8 Å². The number of anilines is 2. The highest BCUT2D eigenvalue weighted by atomic mass is 35.5. The van der Waals surface area contributed by atoms with Gasteiger partial charge in [0.2, 0.25) is 0 Å². The first kappa shape index (κ1) is 18.5. The maximum atomic E-state index is 12.3. The average molecular weight is 365 g/mol. The van der Waals surface area contributed by atoms with E-state index in [0.717, 1.165) is 5.56 Å². The summed E-state index contributed by atoms with van der Waals surface area (Å²) < 4.78 is 10.3. The first-order valence-electron chi connectivity index (χ1n) is 7.26. The number of carbonyl (C=O) groups is 2. The number of hydrogen-bond donors (Lipinski definition) is 2. The van der Waals surface area contributed by atoms with Crippen LogP contribution in [0.25, 0.3) is 0 Å². The maximum absolute atomic E-state index is 12.3. The number of carbonyl (C=O) groups excluding carboxylic acids is 2. The number of halogens is 1. The Balaban J connectivity index is 2.10. The normalized spacial score (nSPS) is 11.5. The lowest BCUT2D eigenvalue weighted by atomic mass is 10.2. The van der Waals surface area contributed by atoms with Crippen molar-refractivity contribution in [2.75, 3.05) is 18.2 Å². The molecule has 1 unspecified atom stereocenters. The number of esters is 1. The zero-order chi connectivity index (χ0) is 18.6. The second-order valence-electron chi connectivity index (χ2n) is 5.13. The Morgan fingerprint density at radius 1 is 1.28 bits per heavy atom. The molecule has 0 aliphatic rings. The predicted molar refractivity (Wildman–Crippen MR) is 92.7 cm³/mol. The fourth-order valence-electron chi connectivity index (χ4n) is 1.94. The van der Waals surface area contributed by atoms with Crippen molar-refractivity contribution in [3.05, 3.63) is 40.8 Å². The van der Waals surface area contributed by atoms with Gasteiger partial charge in [0.15, 0.2) is 17.6 Å². The van der Waals surface area contributed by atoms with Crippen LogP contribution in [-0.4, -0.2) is 35.1 Å². The van der Waals surface area contributed by atoms with Crippen molar-refractivity contribution in [3.8, 4) is 5.75 Å². The highest BCUT2D eigenvalue weighted by Gasteiger charge is 2.22. The van der Waals surface area contributed by atoms with Gasteiger partial charge in [0.1, 0.15) is 5.75 Å². The van der Waals surface area contributed by atoms with Crippen LogP contribution in [0.3, 0.4) is 0 Å². The van der Waals surface area contributed by atoms with Gasteiger partial charge in [-0.15, -0.1) is 0 Å². The summed E-state index contributed by atoms with van der Waals surface area (Å²) in [4.78, 5) is 31.9. The van der Waals surface area contributed by atoms with E-state index in [9.17, 15) is 9.59 Å². The first-order chi connectivity index (χ1) is 11.8. The zero-order valence-corrected chi connectivity index (χ0v) is 14.6. The van der Waals surface area contributed by atoms with E-state index < -0.39 is 18.0 Å². The quantitative estimate of drug-likeness (QED) is 0.781. The van der Waals surface area contributed by atoms with Crippen LogP contribution >= 0.6 is 11.6 Å². The minimum atomic E-state index is -1.09. The van der Waals surface area contributed by atoms with E-state index in [2.05, 4.69) is 15.3 Å². The van der Waals surface area contributed by atoms with E-state index in [1.165, 1.54) is 26.4 Å². The smallest absolute Gasteiger partial charge is 0.361 e. The van der Waals surface area contributed by atoms with Crippen molar-refractivity contribution in [2.24, 2.45) is 0 Å². The molecule has 9 heteroatoms. The molecule has 1 heterocycles. The van der Waals surface area contributed by atoms with Crippen molar-refractivity contribution in [2.45, 2.75) is 20.0 Å². The molecule has 1 aromatic heterocycles. The minimum absolute atomic E-state index is 0.0740. The standard InChI is InChI=1S/C16H17ClN4O4/c1-8-6-11(12(24-3)7-10(8)17)21-15(22)9(2)25-16(23)13-14(18)20-5-4-19-13/h4-7,9H,1-3H3,(H2,18,20)(H,21,22). The average Bonchev–Trinajstić information content (AvgIpc) is 2.58. The van der Waals surface area contributed by atoms with Gasteiger partial charge < -0.3 is 20.5 Å². The number of methoxy groups -OCH3 is 1.